The Hall–Kier alpha value is -1.13. The third-order valence-corrected chi connectivity index (χ3v) is 3.88. The number of aromatic nitrogens is 1. The number of hydrogen-bond acceptors (Lipinski definition) is 4. The summed E-state index contributed by atoms with van der Waals surface area (Å²) in [4.78, 5) is 6.83. The Morgan fingerprint density at radius 2 is 2.33 bits per heavy atom. The number of anilines is 1. The number of rotatable bonds is 3. The van der Waals surface area contributed by atoms with Crippen molar-refractivity contribution in [1.82, 2.24) is 10.3 Å². The van der Waals surface area contributed by atoms with Crippen LogP contribution in [0.2, 0.25) is 0 Å². The molecule has 4 nitrogen and oxygen atoms in total. The molecule has 0 amide bonds. The molecule has 0 aliphatic carbocycles. The van der Waals surface area contributed by atoms with E-state index in [0.29, 0.717) is 5.92 Å². The standard InChI is InChI=1S/C14H23N3O/c1-10-9-17(8-6-13(10)18)14-12(11(2)15-3)5-4-7-16-14/h4-5,7,10-11,13,15,18H,6,8-9H2,1-3H3. The maximum absolute atomic E-state index is 9.81. The van der Waals surface area contributed by atoms with Gasteiger partial charge < -0.3 is 15.3 Å². The summed E-state index contributed by atoms with van der Waals surface area (Å²) in [6, 6.07) is 4.39. The summed E-state index contributed by atoms with van der Waals surface area (Å²) in [6.45, 7) is 6.00. The molecule has 1 aliphatic heterocycles. The van der Waals surface area contributed by atoms with Gasteiger partial charge in [0.05, 0.1) is 6.10 Å². The second-order valence-electron chi connectivity index (χ2n) is 5.21. The van der Waals surface area contributed by atoms with Crippen LogP contribution < -0.4 is 10.2 Å². The summed E-state index contributed by atoms with van der Waals surface area (Å²) in [6.07, 6.45) is 2.50. The lowest BCUT2D eigenvalue weighted by Crippen LogP contribution is -2.43. The van der Waals surface area contributed by atoms with Crippen LogP contribution in [0.1, 0.15) is 31.9 Å². The molecule has 18 heavy (non-hydrogen) atoms. The smallest absolute Gasteiger partial charge is 0.133 e. The molecule has 3 unspecified atom stereocenters. The van der Waals surface area contributed by atoms with Crippen molar-refractivity contribution in [3.05, 3.63) is 23.9 Å². The molecule has 1 aromatic heterocycles. The third kappa shape index (κ3) is 2.65. The topological polar surface area (TPSA) is 48.4 Å². The lowest BCUT2D eigenvalue weighted by Gasteiger charge is -2.36. The van der Waals surface area contributed by atoms with Crippen molar-refractivity contribution in [3.63, 3.8) is 0 Å². The Bertz CT molecular complexity index is 396. The van der Waals surface area contributed by atoms with Crippen LogP contribution in [0.4, 0.5) is 5.82 Å². The van der Waals surface area contributed by atoms with Gasteiger partial charge in [-0.1, -0.05) is 13.0 Å². The van der Waals surface area contributed by atoms with Gasteiger partial charge in [-0.15, -0.1) is 0 Å². The van der Waals surface area contributed by atoms with E-state index in [1.165, 1.54) is 5.56 Å². The summed E-state index contributed by atoms with van der Waals surface area (Å²) >= 11 is 0. The van der Waals surface area contributed by atoms with E-state index in [0.717, 1.165) is 25.3 Å². The molecule has 0 bridgehead atoms. The Kier molecular flexibility index (Phi) is 4.19. The van der Waals surface area contributed by atoms with Crippen LogP contribution in [0.25, 0.3) is 0 Å². The first-order valence-corrected chi connectivity index (χ1v) is 6.68. The second kappa shape index (κ2) is 5.67. The molecule has 1 fully saturated rings. The monoisotopic (exact) mass is 249 g/mol. The van der Waals surface area contributed by atoms with Gasteiger partial charge in [0.25, 0.3) is 0 Å². The summed E-state index contributed by atoms with van der Waals surface area (Å²) in [5.41, 5.74) is 1.23. The van der Waals surface area contributed by atoms with Gasteiger partial charge >= 0.3 is 0 Å². The van der Waals surface area contributed by atoms with E-state index in [1.807, 2.05) is 19.3 Å². The largest absolute Gasteiger partial charge is 0.393 e. The van der Waals surface area contributed by atoms with Crippen molar-refractivity contribution < 1.29 is 5.11 Å². The van der Waals surface area contributed by atoms with Gasteiger partial charge in [-0.25, -0.2) is 4.98 Å². The van der Waals surface area contributed by atoms with E-state index < -0.39 is 0 Å². The molecule has 3 atom stereocenters. The highest BCUT2D eigenvalue weighted by Crippen LogP contribution is 2.27. The van der Waals surface area contributed by atoms with E-state index in [1.54, 1.807) is 0 Å². The normalized spacial score (nSPS) is 26.1. The van der Waals surface area contributed by atoms with Crippen molar-refractivity contribution >= 4 is 5.82 Å². The van der Waals surface area contributed by atoms with Gasteiger partial charge in [-0.3, -0.25) is 0 Å². The molecule has 4 heteroatoms. The Labute approximate surface area is 109 Å². The fourth-order valence-corrected chi connectivity index (χ4v) is 2.49. The highest BCUT2D eigenvalue weighted by atomic mass is 16.3. The lowest BCUT2D eigenvalue weighted by molar-refractivity contribution is 0.0968. The quantitative estimate of drug-likeness (QED) is 0.853. The van der Waals surface area contributed by atoms with Gasteiger partial charge in [0, 0.05) is 30.9 Å². The third-order valence-electron chi connectivity index (χ3n) is 3.88. The molecule has 0 saturated carbocycles. The van der Waals surface area contributed by atoms with Crippen LogP contribution in [0, 0.1) is 5.92 Å². The number of piperidine rings is 1. The van der Waals surface area contributed by atoms with Crippen LogP contribution in [0.3, 0.4) is 0 Å². The van der Waals surface area contributed by atoms with Gasteiger partial charge in [0.2, 0.25) is 0 Å². The first-order chi connectivity index (χ1) is 8.63. The first kappa shape index (κ1) is 13.3. The molecular weight excluding hydrogens is 226 g/mol. The zero-order valence-corrected chi connectivity index (χ0v) is 11.4. The van der Waals surface area contributed by atoms with E-state index >= 15 is 0 Å². The number of nitrogens with one attached hydrogen (secondary N) is 1. The SMILES string of the molecule is CNC(C)c1cccnc1N1CCC(O)C(C)C1. The van der Waals surface area contributed by atoms with Gasteiger partial charge in [-0.05, 0) is 32.4 Å². The maximum Gasteiger partial charge on any atom is 0.133 e. The summed E-state index contributed by atoms with van der Waals surface area (Å²) < 4.78 is 0. The zero-order chi connectivity index (χ0) is 13.1. The average Bonchev–Trinajstić information content (AvgIpc) is 2.41. The molecule has 0 spiro atoms. The summed E-state index contributed by atoms with van der Waals surface area (Å²) in [5, 5.41) is 13.1. The predicted molar refractivity (Wildman–Crippen MR) is 73.7 cm³/mol. The van der Waals surface area contributed by atoms with Crippen molar-refractivity contribution in [3.8, 4) is 0 Å². The zero-order valence-electron chi connectivity index (χ0n) is 11.4. The number of aliphatic hydroxyl groups excluding tert-OH is 1. The minimum absolute atomic E-state index is 0.171. The molecule has 0 radical (unpaired) electrons. The molecular formula is C14H23N3O. The summed E-state index contributed by atoms with van der Waals surface area (Å²) in [7, 11) is 1.96. The van der Waals surface area contributed by atoms with Crippen LogP contribution >= 0.6 is 0 Å². The first-order valence-electron chi connectivity index (χ1n) is 6.68. The van der Waals surface area contributed by atoms with Crippen LogP contribution in [0.15, 0.2) is 18.3 Å². The molecule has 1 saturated heterocycles. The fourth-order valence-electron chi connectivity index (χ4n) is 2.49. The Morgan fingerprint density at radius 3 is 3.00 bits per heavy atom. The second-order valence-corrected chi connectivity index (χ2v) is 5.21. The number of aliphatic hydroxyl groups is 1. The number of pyridine rings is 1. The predicted octanol–water partition coefficient (Wildman–Crippen LogP) is 1.57. The molecule has 2 rings (SSSR count). The van der Waals surface area contributed by atoms with Crippen molar-refractivity contribution in [1.29, 1.82) is 0 Å². The van der Waals surface area contributed by atoms with Crippen LogP contribution in [-0.2, 0) is 0 Å². The van der Waals surface area contributed by atoms with E-state index in [2.05, 4.69) is 35.1 Å². The molecule has 1 aromatic rings. The molecule has 2 heterocycles. The fraction of sp³-hybridized carbons (Fsp3) is 0.643. The minimum Gasteiger partial charge on any atom is -0.393 e. The highest BCUT2D eigenvalue weighted by Gasteiger charge is 2.26. The molecule has 2 N–H and O–H groups in total. The number of nitrogens with zero attached hydrogens (tertiary/aromatic N) is 2. The van der Waals surface area contributed by atoms with Gasteiger partial charge in [-0.2, -0.15) is 0 Å². The highest BCUT2D eigenvalue weighted by molar-refractivity contribution is 5.48. The van der Waals surface area contributed by atoms with E-state index in [-0.39, 0.29) is 12.1 Å². The van der Waals surface area contributed by atoms with Gasteiger partial charge in [0.1, 0.15) is 5.82 Å². The van der Waals surface area contributed by atoms with Crippen LogP contribution in [0.5, 0.6) is 0 Å². The number of hydrogen-bond donors (Lipinski definition) is 2. The van der Waals surface area contributed by atoms with Gasteiger partial charge in [0.15, 0.2) is 0 Å². The lowest BCUT2D eigenvalue weighted by atomic mass is 9.96. The van der Waals surface area contributed by atoms with Crippen molar-refractivity contribution in [2.24, 2.45) is 5.92 Å². The van der Waals surface area contributed by atoms with E-state index in [9.17, 15) is 5.11 Å². The van der Waals surface area contributed by atoms with Crippen molar-refractivity contribution in [2.75, 3.05) is 25.0 Å². The van der Waals surface area contributed by atoms with Crippen LogP contribution in [-0.4, -0.2) is 36.3 Å². The maximum atomic E-state index is 9.81. The Morgan fingerprint density at radius 1 is 1.56 bits per heavy atom. The molecule has 1 aliphatic rings. The average molecular weight is 249 g/mol. The summed E-state index contributed by atoms with van der Waals surface area (Å²) in [5.74, 6) is 1.36. The van der Waals surface area contributed by atoms with Crippen molar-refractivity contribution in [2.45, 2.75) is 32.4 Å². The molecule has 0 aromatic carbocycles. The Balaban J connectivity index is 2.22. The van der Waals surface area contributed by atoms with E-state index in [4.69, 9.17) is 0 Å². The molecule has 100 valence electrons. The minimum atomic E-state index is -0.171.